The fourth-order valence-corrected chi connectivity index (χ4v) is 2.83. The summed E-state index contributed by atoms with van der Waals surface area (Å²) in [4.78, 5) is 24.9. The van der Waals surface area contributed by atoms with E-state index in [4.69, 9.17) is 27.5 Å². The smallest absolute Gasteiger partial charge is 0.282 e. The number of halogens is 1. The molecule has 1 N–H and O–H groups in total. The number of methoxy groups -OCH3 is 1. The number of hydrazine groups is 1. The first-order valence-corrected chi connectivity index (χ1v) is 8.29. The van der Waals surface area contributed by atoms with Gasteiger partial charge in [-0.05, 0) is 35.9 Å². The Morgan fingerprint density at radius 1 is 1.26 bits per heavy atom. The first-order chi connectivity index (χ1) is 13.0. The van der Waals surface area contributed by atoms with Gasteiger partial charge in [-0.1, -0.05) is 35.7 Å². The molecule has 1 aliphatic heterocycles. The Bertz CT molecular complexity index is 964. The lowest BCUT2D eigenvalue weighted by Gasteiger charge is -2.14. The highest BCUT2D eigenvalue weighted by Crippen LogP contribution is 2.37. The monoisotopic (exact) mass is 382 g/mol. The Balaban J connectivity index is 1.94. The van der Waals surface area contributed by atoms with Crippen LogP contribution in [0, 0.1) is 12.3 Å². The van der Waals surface area contributed by atoms with Crippen molar-refractivity contribution in [2.75, 3.05) is 18.7 Å². The van der Waals surface area contributed by atoms with Crippen molar-refractivity contribution in [1.82, 2.24) is 5.43 Å². The van der Waals surface area contributed by atoms with Gasteiger partial charge in [-0.25, -0.2) is 5.01 Å². The number of ether oxygens (including phenoxy) is 2. The van der Waals surface area contributed by atoms with Crippen LogP contribution in [0.25, 0.3) is 6.08 Å². The number of benzene rings is 2. The number of carbonyl (C=O) groups excluding carboxylic acids is 2. The van der Waals surface area contributed by atoms with Gasteiger partial charge in [-0.3, -0.25) is 15.0 Å². The zero-order valence-corrected chi connectivity index (χ0v) is 15.1. The number of hydrogen-bond donors (Lipinski definition) is 1. The summed E-state index contributed by atoms with van der Waals surface area (Å²) in [6.45, 7) is 0.0312. The normalized spacial score (nSPS) is 14.9. The highest BCUT2D eigenvalue weighted by molar-refractivity contribution is 6.33. The van der Waals surface area contributed by atoms with Gasteiger partial charge in [-0.15, -0.1) is 6.42 Å². The minimum Gasteiger partial charge on any atom is -0.493 e. The maximum Gasteiger partial charge on any atom is 0.282 e. The van der Waals surface area contributed by atoms with Gasteiger partial charge in [0.25, 0.3) is 11.8 Å². The van der Waals surface area contributed by atoms with Gasteiger partial charge in [0.05, 0.1) is 17.8 Å². The second kappa shape index (κ2) is 7.85. The molecule has 1 heterocycles. The quantitative estimate of drug-likeness (QED) is 0.490. The summed E-state index contributed by atoms with van der Waals surface area (Å²) in [5.74, 6) is 2.02. The zero-order valence-electron chi connectivity index (χ0n) is 14.4. The average molecular weight is 383 g/mol. The molecule has 0 aliphatic carbocycles. The fraction of sp³-hybridized carbons (Fsp3) is 0.100. The third kappa shape index (κ3) is 3.73. The first-order valence-electron chi connectivity index (χ1n) is 7.91. The van der Waals surface area contributed by atoms with Crippen molar-refractivity contribution in [2.45, 2.75) is 0 Å². The summed E-state index contributed by atoms with van der Waals surface area (Å²) in [5.41, 5.74) is 3.59. The van der Waals surface area contributed by atoms with Crippen LogP contribution in [0.1, 0.15) is 5.56 Å². The van der Waals surface area contributed by atoms with E-state index >= 15 is 0 Å². The van der Waals surface area contributed by atoms with E-state index < -0.39 is 11.8 Å². The Hall–Kier alpha value is -3.43. The van der Waals surface area contributed by atoms with Crippen molar-refractivity contribution in [3.05, 3.63) is 58.6 Å². The fourth-order valence-electron chi connectivity index (χ4n) is 2.56. The topological polar surface area (TPSA) is 67.9 Å². The van der Waals surface area contributed by atoms with E-state index in [2.05, 4.69) is 11.3 Å². The lowest BCUT2D eigenvalue weighted by Crippen LogP contribution is -2.35. The van der Waals surface area contributed by atoms with Crippen LogP contribution in [0.15, 0.2) is 48.0 Å². The van der Waals surface area contributed by atoms with Crippen LogP contribution >= 0.6 is 11.6 Å². The average Bonchev–Trinajstić information content (AvgIpc) is 2.95. The predicted molar refractivity (Wildman–Crippen MR) is 102 cm³/mol. The van der Waals surface area contributed by atoms with Crippen LogP contribution in [0.2, 0.25) is 5.02 Å². The van der Waals surface area contributed by atoms with E-state index in [0.29, 0.717) is 22.7 Å². The molecule has 0 unspecified atom stereocenters. The molecular formula is C20H15ClN2O4. The van der Waals surface area contributed by atoms with Crippen LogP contribution in [0.5, 0.6) is 11.5 Å². The summed E-state index contributed by atoms with van der Waals surface area (Å²) >= 11 is 6.23. The number of terminal acetylenes is 1. The van der Waals surface area contributed by atoms with Crippen molar-refractivity contribution < 1.29 is 19.1 Å². The minimum atomic E-state index is -0.508. The third-order valence-corrected chi connectivity index (χ3v) is 4.05. The molecule has 6 nitrogen and oxygen atoms in total. The molecule has 2 aromatic rings. The van der Waals surface area contributed by atoms with Crippen LogP contribution in [0.3, 0.4) is 0 Å². The summed E-state index contributed by atoms with van der Waals surface area (Å²) in [6.07, 6.45) is 6.64. The summed E-state index contributed by atoms with van der Waals surface area (Å²) in [7, 11) is 1.45. The SMILES string of the molecule is C#CCOc1c(Cl)cc(/C=C2/C(=O)NN(c3ccccc3)C2=O)cc1OC. The van der Waals surface area contributed by atoms with Crippen LogP contribution < -0.4 is 19.9 Å². The first kappa shape index (κ1) is 18.4. The molecule has 0 radical (unpaired) electrons. The molecule has 0 aromatic heterocycles. The van der Waals surface area contributed by atoms with E-state index in [1.807, 2.05) is 6.07 Å². The number of anilines is 1. The number of hydrogen-bond acceptors (Lipinski definition) is 4. The standard InChI is InChI=1S/C20H15ClN2O4/c1-3-9-27-18-16(21)11-13(12-17(18)26-2)10-15-19(24)22-23(20(15)25)14-7-5-4-6-8-14/h1,4-8,10-12H,9H2,2H3,(H,22,24)/b15-10-. The molecule has 1 fully saturated rings. The van der Waals surface area contributed by atoms with Crippen LogP contribution in [-0.4, -0.2) is 25.5 Å². The maximum atomic E-state index is 12.6. The summed E-state index contributed by atoms with van der Waals surface area (Å²) in [6, 6.07) is 12.0. The van der Waals surface area contributed by atoms with Gasteiger partial charge in [0, 0.05) is 0 Å². The molecule has 27 heavy (non-hydrogen) atoms. The van der Waals surface area contributed by atoms with E-state index in [1.165, 1.54) is 18.2 Å². The van der Waals surface area contributed by atoms with Crippen molar-refractivity contribution >= 4 is 35.2 Å². The summed E-state index contributed by atoms with van der Waals surface area (Å²) < 4.78 is 10.7. The maximum absolute atomic E-state index is 12.6. The molecule has 0 atom stereocenters. The van der Waals surface area contributed by atoms with E-state index in [-0.39, 0.29) is 17.2 Å². The Labute approximate surface area is 161 Å². The van der Waals surface area contributed by atoms with Crippen LogP contribution in [-0.2, 0) is 9.59 Å². The van der Waals surface area contributed by atoms with Gasteiger partial charge >= 0.3 is 0 Å². The van der Waals surface area contributed by atoms with E-state index in [9.17, 15) is 9.59 Å². The van der Waals surface area contributed by atoms with Gasteiger partial charge < -0.3 is 9.47 Å². The predicted octanol–water partition coefficient (Wildman–Crippen LogP) is 2.82. The van der Waals surface area contributed by atoms with Gasteiger partial charge in [0.1, 0.15) is 12.2 Å². The third-order valence-electron chi connectivity index (χ3n) is 3.77. The van der Waals surface area contributed by atoms with E-state index in [1.54, 1.807) is 36.4 Å². The molecule has 2 aromatic carbocycles. The second-order valence-electron chi connectivity index (χ2n) is 5.50. The van der Waals surface area contributed by atoms with Crippen molar-refractivity contribution in [3.63, 3.8) is 0 Å². The molecule has 136 valence electrons. The highest BCUT2D eigenvalue weighted by Gasteiger charge is 2.34. The Morgan fingerprint density at radius 3 is 2.67 bits per heavy atom. The lowest BCUT2D eigenvalue weighted by molar-refractivity contribution is -0.117. The second-order valence-corrected chi connectivity index (χ2v) is 5.91. The number of nitrogens with one attached hydrogen (secondary N) is 1. The van der Waals surface area contributed by atoms with Crippen molar-refractivity contribution in [3.8, 4) is 23.8 Å². The zero-order chi connectivity index (χ0) is 19.4. The highest BCUT2D eigenvalue weighted by atomic mass is 35.5. The molecule has 1 aliphatic rings. The molecule has 3 rings (SSSR count). The van der Waals surface area contributed by atoms with E-state index in [0.717, 1.165) is 0 Å². The summed E-state index contributed by atoms with van der Waals surface area (Å²) in [5, 5.41) is 1.44. The number of para-hydroxylation sites is 1. The van der Waals surface area contributed by atoms with Crippen LogP contribution in [0.4, 0.5) is 5.69 Å². The number of nitrogens with zero attached hydrogens (tertiary/aromatic N) is 1. The van der Waals surface area contributed by atoms with Gasteiger partial charge in [0.2, 0.25) is 0 Å². The molecule has 0 saturated carbocycles. The largest absolute Gasteiger partial charge is 0.493 e. The Kier molecular flexibility index (Phi) is 5.34. The van der Waals surface area contributed by atoms with Gasteiger partial charge in [0.15, 0.2) is 11.5 Å². The minimum absolute atomic E-state index is 0.0192. The molecule has 7 heteroatoms. The van der Waals surface area contributed by atoms with Crippen molar-refractivity contribution in [1.29, 1.82) is 0 Å². The number of rotatable bonds is 5. The molecule has 0 bridgehead atoms. The molecular weight excluding hydrogens is 368 g/mol. The molecule has 2 amide bonds. The number of carbonyl (C=O) groups is 2. The molecule has 1 saturated heterocycles. The Morgan fingerprint density at radius 2 is 2.00 bits per heavy atom. The lowest BCUT2D eigenvalue weighted by atomic mass is 10.1. The van der Waals surface area contributed by atoms with Crippen molar-refractivity contribution in [2.24, 2.45) is 0 Å². The number of amides is 2. The van der Waals surface area contributed by atoms with Gasteiger partial charge in [-0.2, -0.15) is 0 Å². The molecule has 0 spiro atoms.